The third-order valence-corrected chi connectivity index (χ3v) is 2.67. The van der Waals surface area contributed by atoms with Crippen molar-refractivity contribution in [2.75, 3.05) is 0 Å². The summed E-state index contributed by atoms with van der Waals surface area (Å²) in [5.74, 6) is 0.195. The molecule has 2 rings (SSSR count). The van der Waals surface area contributed by atoms with E-state index in [1.165, 1.54) is 29.4 Å². The largest absolute Gasteiger partial charge is 0.491 e. The molecule has 0 unspecified atom stereocenters. The van der Waals surface area contributed by atoms with E-state index >= 15 is 0 Å². The Kier molecular flexibility index (Phi) is 4.69. The van der Waals surface area contributed by atoms with Crippen LogP contribution in [0.2, 0.25) is 0 Å². The quantitative estimate of drug-likeness (QED) is 0.804. The predicted octanol–water partition coefficient (Wildman–Crippen LogP) is 3.75. The van der Waals surface area contributed by atoms with E-state index in [2.05, 4.69) is 10.1 Å². The summed E-state index contributed by atoms with van der Waals surface area (Å²) in [6, 6.07) is 5.13. The van der Waals surface area contributed by atoms with Crippen molar-refractivity contribution in [2.45, 2.75) is 26.1 Å². The van der Waals surface area contributed by atoms with E-state index in [4.69, 9.17) is 10.00 Å². The van der Waals surface area contributed by atoms with Gasteiger partial charge >= 0.3 is 6.18 Å². The van der Waals surface area contributed by atoms with Gasteiger partial charge in [0.1, 0.15) is 12.1 Å². The molecule has 1 heterocycles. The van der Waals surface area contributed by atoms with E-state index in [1.54, 1.807) is 19.9 Å². The van der Waals surface area contributed by atoms with Crippen molar-refractivity contribution in [3.8, 4) is 23.2 Å². The van der Waals surface area contributed by atoms with Gasteiger partial charge in [0.05, 0.1) is 17.7 Å². The first-order chi connectivity index (χ1) is 10.8. The van der Waals surface area contributed by atoms with Crippen LogP contribution in [0.3, 0.4) is 0 Å². The van der Waals surface area contributed by atoms with Gasteiger partial charge < -0.3 is 4.74 Å². The number of aromatic nitrogens is 3. The van der Waals surface area contributed by atoms with Gasteiger partial charge in [-0.1, -0.05) is 0 Å². The molecule has 0 radical (unpaired) electrons. The second kappa shape index (κ2) is 6.52. The highest BCUT2D eigenvalue weighted by Gasteiger charge is 2.32. The summed E-state index contributed by atoms with van der Waals surface area (Å²) in [4.78, 5) is 3.95. The molecule has 8 heteroatoms. The predicted molar refractivity (Wildman–Crippen MR) is 77.2 cm³/mol. The molecule has 0 N–H and O–H groups in total. The van der Waals surface area contributed by atoms with Crippen LogP contribution in [0, 0.1) is 11.3 Å². The number of alkyl halides is 3. The standard InChI is InChI=1S/C15H13F3N4O/c1-10(2)23-13-7-11(6-12(8-13)15(16,17)18)14-20-9-22(21-14)5-3-4-19/h3,5-10H,1-2H3. The summed E-state index contributed by atoms with van der Waals surface area (Å²) in [6.07, 6.45) is -0.954. The summed E-state index contributed by atoms with van der Waals surface area (Å²) in [6.45, 7) is 3.44. The smallest absolute Gasteiger partial charge is 0.416 e. The van der Waals surface area contributed by atoms with Crippen molar-refractivity contribution in [1.82, 2.24) is 14.8 Å². The number of halogens is 3. The monoisotopic (exact) mass is 322 g/mol. The lowest BCUT2D eigenvalue weighted by atomic mass is 10.1. The van der Waals surface area contributed by atoms with Crippen LogP contribution in [0.15, 0.2) is 30.6 Å². The van der Waals surface area contributed by atoms with Crippen molar-refractivity contribution in [3.05, 3.63) is 36.2 Å². The SMILES string of the molecule is CC(C)Oc1cc(-c2ncn(C=CC#N)n2)cc(C(F)(F)F)c1. The lowest BCUT2D eigenvalue weighted by molar-refractivity contribution is -0.137. The van der Waals surface area contributed by atoms with Gasteiger partial charge in [-0.15, -0.1) is 5.10 Å². The highest BCUT2D eigenvalue weighted by atomic mass is 19.4. The number of nitriles is 1. The molecular formula is C15H13F3N4O. The molecule has 0 saturated heterocycles. The van der Waals surface area contributed by atoms with Crippen LogP contribution in [-0.2, 0) is 6.18 Å². The fraction of sp³-hybridized carbons (Fsp3) is 0.267. The van der Waals surface area contributed by atoms with Gasteiger partial charge in [-0.3, -0.25) is 0 Å². The minimum absolute atomic E-state index is 0.0914. The highest BCUT2D eigenvalue weighted by molar-refractivity contribution is 5.59. The number of hydrogen-bond acceptors (Lipinski definition) is 4. The fourth-order valence-corrected chi connectivity index (χ4v) is 1.82. The Morgan fingerprint density at radius 1 is 1.30 bits per heavy atom. The van der Waals surface area contributed by atoms with Crippen molar-refractivity contribution in [3.63, 3.8) is 0 Å². The van der Waals surface area contributed by atoms with Crippen LogP contribution in [0.1, 0.15) is 19.4 Å². The lowest BCUT2D eigenvalue weighted by Gasteiger charge is -2.14. The first-order valence-electron chi connectivity index (χ1n) is 6.66. The first kappa shape index (κ1) is 16.5. The van der Waals surface area contributed by atoms with Crippen LogP contribution in [-0.4, -0.2) is 20.9 Å². The number of rotatable bonds is 4. The van der Waals surface area contributed by atoms with Crippen LogP contribution >= 0.6 is 0 Å². The molecule has 5 nitrogen and oxygen atoms in total. The first-order valence-corrected chi connectivity index (χ1v) is 6.66. The highest BCUT2D eigenvalue weighted by Crippen LogP contribution is 2.35. The lowest BCUT2D eigenvalue weighted by Crippen LogP contribution is -2.09. The average Bonchev–Trinajstić information content (AvgIpc) is 2.92. The third-order valence-electron chi connectivity index (χ3n) is 2.67. The molecule has 1 aromatic heterocycles. The van der Waals surface area contributed by atoms with Crippen molar-refractivity contribution >= 4 is 6.20 Å². The molecule has 1 aromatic carbocycles. The van der Waals surface area contributed by atoms with Crippen LogP contribution in [0.25, 0.3) is 17.6 Å². The van der Waals surface area contributed by atoms with Gasteiger partial charge in [0.15, 0.2) is 5.82 Å². The van der Waals surface area contributed by atoms with Crippen molar-refractivity contribution < 1.29 is 17.9 Å². The summed E-state index contributed by atoms with van der Waals surface area (Å²) in [7, 11) is 0. The summed E-state index contributed by atoms with van der Waals surface area (Å²) >= 11 is 0. The third kappa shape index (κ3) is 4.32. The zero-order valence-corrected chi connectivity index (χ0v) is 12.4. The molecule has 0 aliphatic carbocycles. The summed E-state index contributed by atoms with van der Waals surface area (Å²) < 4.78 is 45.7. The molecule has 0 saturated carbocycles. The Labute approximate surface area is 130 Å². The number of hydrogen-bond donors (Lipinski definition) is 0. The molecule has 0 amide bonds. The van der Waals surface area contributed by atoms with E-state index in [9.17, 15) is 13.2 Å². The average molecular weight is 322 g/mol. The number of nitrogens with zero attached hydrogens (tertiary/aromatic N) is 4. The number of allylic oxidation sites excluding steroid dienone is 1. The Morgan fingerprint density at radius 3 is 2.65 bits per heavy atom. The summed E-state index contributed by atoms with van der Waals surface area (Å²) in [5.41, 5.74) is -0.658. The van der Waals surface area contributed by atoms with Gasteiger partial charge in [-0.25, -0.2) is 9.67 Å². The molecule has 23 heavy (non-hydrogen) atoms. The van der Waals surface area contributed by atoms with Crippen molar-refractivity contribution in [1.29, 1.82) is 5.26 Å². The van der Waals surface area contributed by atoms with Gasteiger partial charge in [0, 0.05) is 17.8 Å². The van der Waals surface area contributed by atoms with Crippen molar-refractivity contribution in [2.24, 2.45) is 0 Å². The molecule has 0 atom stereocenters. The van der Waals surface area contributed by atoms with Crippen LogP contribution < -0.4 is 4.74 Å². The Morgan fingerprint density at radius 2 is 2.04 bits per heavy atom. The van der Waals surface area contributed by atoms with E-state index in [1.807, 2.05) is 0 Å². The van der Waals surface area contributed by atoms with E-state index in [0.717, 1.165) is 12.1 Å². The Bertz CT molecular complexity index is 757. The molecular weight excluding hydrogens is 309 g/mol. The van der Waals surface area contributed by atoms with E-state index < -0.39 is 11.7 Å². The minimum atomic E-state index is -4.51. The zero-order valence-electron chi connectivity index (χ0n) is 12.4. The second-order valence-electron chi connectivity index (χ2n) is 4.90. The number of benzene rings is 1. The van der Waals surface area contributed by atoms with Gasteiger partial charge in [-0.2, -0.15) is 18.4 Å². The molecule has 0 spiro atoms. The van der Waals surface area contributed by atoms with Gasteiger partial charge in [0.2, 0.25) is 0 Å². The van der Waals surface area contributed by atoms with Crippen LogP contribution in [0.5, 0.6) is 5.75 Å². The fourth-order valence-electron chi connectivity index (χ4n) is 1.82. The van der Waals surface area contributed by atoms with Gasteiger partial charge in [-0.05, 0) is 32.0 Å². The zero-order chi connectivity index (χ0) is 17.0. The number of ether oxygens (including phenoxy) is 1. The molecule has 0 fully saturated rings. The topological polar surface area (TPSA) is 63.7 Å². The van der Waals surface area contributed by atoms with Crippen LogP contribution in [0.4, 0.5) is 13.2 Å². The van der Waals surface area contributed by atoms with E-state index in [0.29, 0.717) is 0 Å². The molecule has 0 aliphatic heterocycles. The Hall–Kier alpha value is -2.82. The summed E-state index contributed by atoms with van der Waals surface area (Å²) in [5, 5.41) is 12.5. The molecule has 120 valence electrons. The van der Waals surface area contributed by atoms with E-state index in [-0.39, 0.29) is 23.2 Å². The molecule has 0 bridgehead atoms. The molecule has 0 aliphatic rings. The minimum Gasteiger partial charge on any atom is -0.491 e. The second-order valence-corrected chi connectivity index (χ2v) is 4.90. The Balaban J connectivity index is 2.46. The van der Waals surface area contributed by atoms with Gasteiger partial charge in [0.25, 0.3) is 0 Å². The maximum Gasteiger partial charge on any atom is 0.416 e. The normalized spacial score (nSPS) is 11.9. The maximum absolute atomic E-state index is 13.0. The maximum atomic E-state index is 13.0. The molecule has 2 aromatic rings.